The molecule has 0 radical (unpaired) electrons. The Hall–Kier alpha value is -4.87. The zero-order chi connectivity index (χ0) is 37.1. The van der Waals surface area contributed by atoms with E-state index in [0.29, 0.717) is 41.8 Å². The van der Waals surface area contributed by atoms with Crippen LogP contribution in [0.1, 0.15) is 37.3 Å². The number of aromatic hydroxyl groups is 1. The van der Waals surface area contributed by atoms with E-state index < -0.39 is 29.4 Å². The van der Waals surface area contributed by atoms with Crippen molar-refractivity contribution in [2.75, 3.05) is 64.1 Å². The minimum atomic E-state index is -1.45. The fraction of sp³-hybridized carbons (Fsp3) is 0.425. The Labute approximate surface area is 305 Å². The summed E-state index contributed by atoms with van der Waals surface area (Å²) in [5.41, 5.74) is -1.09. The molecule has 8 rings (SSSR count). The van der Waals surface area contributed by atoms with E-state index in [4.69, 9.17) is 25.6 Å². The van der Waals surface area contributed by atoms with Crippen LogP contribution in [0.3, 0.4) is 0 Å². The summed E-state index contributed by atoms with van der Waals surface area (Å²) in [6.07, 6.45) is 10.1. The lowest BCUT2D eigenvalue weighted by molar-refractivity contribution is -0.117. The van der Waals surface area contributed by atoms with Gasteiger partial charge in [-0.3, -0.25) is 14.7 Å². The number of nitrogens with one attached hydrogen (secondary N) is 1. The molecule has 1 amide bonds. The van der Waals surface area contributed by atoms with Crippen molar-refractivity contribution in [3.05, 3.63) is 65.9 Å². The van der Waals surface area contributed by atoms with Crippen molar-refractivity contribution in [2.24, 2.45) is 5.41 Å². The molecule has 3 atom stereocenters. The Morgan fingerprint density at radius 3 is 2.70 bits per heavy atom. The molecule has 3 fully saturated rings. The van der Waals surface area contributed by atoms with Gasteiger partial charge in [0.1, 0.15) is 28.9 Å². The van der Waals surface area contributed by atoms with Gasteiger partial charge in [-0.1, -0.05) is 18.6 Å². The maximum absolute atomic E-state index is 17.3. The fourth-order valence-electron chi connectivity index (χ4n) is 8.28. The van der Waals surface area contributed by atoms with Gasteiger partial charge in [-0.25, -0.2) is 13.8 Å². The number of aliphatic hydroxyl groups is 1. The van der Waals surface area contributed by atoms with E-state index in [0.717, 1.165) is 32.5 Å². The second kappa shape index (κ2) is 13.5. The monoisotopic (exact) mass is 725 g/mol. The standard InChI is InChI=1S/C40H41F2N5O6/c1-4-26-29(41)7-6-23-16-25(48)17-27(32(23)26)35-34(42)36-28(19-43-35)37(47-12-15-52-21-24(20-47)44-31(49)5-2)33-38(45-36)53-30(18-39(33,3)50)40(8-9-40)22-46-10-13-51-14-11-46/h1,5-7,16-17,19,24,30,48,50H,2,8-15,18,20-22H2,3H3,(H,44,49)/t24?,30-,39-/m1/s1. The first-order valence-electron chi connectivity index (χ1n) is 17.9. The number of hydrogen-bond donors (Lipinski definition) is 3. The van der Waals surface area contributed by atoms with Gasteiger partial charge in [0.15, 0.2) is 5.82 Å². The zero-order valence-corrected chi connectivity index (χ0v) is 29.5. The number of ether oxygens (including phenoxy) is 3. The van der Waals surface area contributed by atoms with Crippen LogP contribution >= 0.6 is 0 Å². The lowest BCUT2D eigenvalue weighted by atomic mass is 9.80. The number of phenols is 1. The third-order valence-corrected chi connectivity index (χ3v) is 11.1. The highest BCUT2D eigenvalue weighted by Gasteiger charge is 2.56. The van der Waals surface area contributed by atoms with Gasteiger partial charge in [-0.2, -0.15) is 0 Å². The maximum Gasteiger partial charge on any atom is 0.243 e. The highest BCUT2D eigenvalue weighted by Crippen LogP contribution is 2.57. The number of carbonyl (C=O) groups excluding carboxylic acids is 1. The molecule has 2 saturated heterocycles. The van der Waals surface area contributed by atoms with Gasteiger partial charge in [-0.05, 0) is 49.4 Å². The summed E-state index contributed by atoms with van der Waals surface area (Å²) in [7, 11) is 0. The summed E-state index contributed by atoms with van der Waals surface area (Å²) in [5.74, 6) is 0.416. The first-order chi connectivity index (χ1) is 25.5. The van der Waals surface area contributed by atoms with Gasteiger partial charge >= 0.3 is 0 Å². The van der Waals surface area contributed by atoms with Crippen LogP contribution in [-0.4, -0.2) is 102 Å². The third kappa shape index (κ3) is 6.33. The Morgan fingerprint density at radius 2 is 1.96 bits per heavy atom. The van der Waals surface area contributed by atoms with E-state index in [1.807, 2.05) is 4.90 Å². The van der Waals surface area contributed by atoms with Crippen LogP contribution in [0.15, 0.2) is 43.1 Å². The predicted octanol–water partition coefficient (Wildman–Crippen LogP) is 4.39. The largest absolute Gasteiger partial charge is 0.508 e. The Balaban J connectivity index is 1.32. The van der Waals surface area contributed by atoms with E-state index in [9.17, 15) is 15.0 Å². The van der Waals surface area contributed by atoms with Crippen molar-refractivity contribution < 1.29 is 38.0 Å². The molecule has 0 bridgehead atoms. The number of halogens is 2. The second-order valence-corrected chi connectivity index (χ2v) is 14.7. The number of carbonyl (C=O) groups is 1. The number of rotatable bonds is 7. The molecule has 3 aliphatic heterocycles. The molecule has 11 nitrogen and oxygen atoms in total. The Bertz CT molecular complexity index is 2180. The highest BCUT2D eigenvalue weighted by molar-refractivity contribution is 6.03. The second-order valence-electron chi connectivity index (χ2n) is 14.7. The van der Waals surface area contributed by atoms with Gasteiger partial charge in [0, 0.05) is 67.1 Å². The summed E-state index contributed by atoms with van der Waals surface area (Å²) >= 11 is 0. The molecule has 4 aliphatic rings. The summed E-state index contributed by atoms with van der Waals surface area (Å²) in [5, 5.41) is 26.9. The number of aromatic nitrogens is 2. The van der Waals surface area contributed by atoms with Crippen molar-refractivity contribution in [3.63, 3.8) is 0 Å². The van der Waals surface area contributed by atoms with E-state index in [-0.39, 0.29) is 76.9 Å². The van der Waals surface area contributed by atoms with E-state index in [2.05, 4.69) is 27.7 Å². The SMILES string of the molecule is C#Cc1c(F)ccc2cc(O)cc(-c3ncc4c(N5CCOCC(NC(=O)C=C)C5)c5c(nc4c3F)O[C@@H](C3(CN4CCOCC4)CC3)C[C@@]5(C)O)c12. The van der Waals surface area contributed by atoms with Gasteiger partial charge in [-0.15, -0.1) is 6.42 Å². The van der Waals surface area contributed by atoms with Crippen LogP contribution in [0.25, 0.3) is 32.9 Å². The number of morpholine rings is 1. The lowest BCUT2D eigenvalue weighted by Crippen LogP contribution is -2.49. The number of fused-ring (bicyclic) bond motifs is 3. The molecule has 53 heavy (non-hydrogen) atoms. The number of pyridine rings is 2. The molecule has 1 aliphatic carbocycles. The van der Waals surface area contributed by atoms with Crippen molar-refractivity contribution in [3.8, 4) is 35.2 Å². The van der Waals surface area contributed by atoms with Crippen molar-refractivity contribution >= 4 is 33.3 Å². The molecule has 4 aromatic rings. The molecule has 1 unspecified atom stereocenters. The van der Waals surface area contributed by atoms with Crippen molar-refractivity contribution in [1.29, 1.82) is 0 Å². The number of anilines is 1. The molecular formula is C40H41F2N5O6. The molecule has 13 heteroatoms. The Kier molecular flexibility index (Phi) is 8.97. The molecule has 2 aromatic heterocycles. The molecule has 0 spiro atoms. The minimum Gasteiger partial charge on any atom is -0.508 e. The average Bonchev–Trinajstić information content (AvgIpc) is 3.96. The molecule has 1 saturated carbocycles. The van der Waals surface area contributed by atoms with Crippen LogP contribution in [0.4, 0.5) is 14.5 Å². The molecular weight excluding hydrogens is 684 g/mol. The normalized spacial score (nSPS) is 24.2. The highest BCUT2D eigenvalue weighted by atomic mass is 19.1. The van der Waals surface area contributed by atoms with Crippen LogP contribution in [0.5, 0.6) is 11.6 Å². The predicted molar refractivity (Wildman–Crippen MR) is 195 cm³/mol. The van der Waals surface area contributed by atoms with Gasteiger partial charge in [0.2, 0.25) is 11.8 Å². The lowest BCUT2D eigenvalue weighted by Gasteiger charge is -2.43. The quantitative estimate of drug-likeness (QED) is 0.186. The topological polar surface area (TPSA) is 130 Å². The van der Waals surface area contributed by atoms with Crippen LogP contribution in [-0.2, 0) is 19.9 Å². The number of hydrogen-bond acceptors (Lipinski definition) is 10. The minimum absolute atomic E-state index is 0.0905. The first kappa shape index (κ1) is 35.2. The van der Waals surface area contributed by atoms with Crippen molar-refractivity contribution in [2.45, 2.75) is 43.9 Å². The van der Waals surface area contributed by atoms with Gasteiger partial charge < -0.3 is 34.6 Å². The summed E-state index contributed by atoms with van der Waals surface area (Å²) in [6, 6.07) is 4.93. The number of terminal acetylenes is 1. The smallest absolute Gasteiger partial charge is 0.243 e. The molecule has 5 heterocycles. The van der Waals surface area contributed by atoms with Gasteiger partial charge in [0.05, 0.1) is 54.9 Å². The molecule has 3 N–H and O–H groups in total. The van der Waals surface area contributed by atoms with E-state index in [1.54, 1.807) is 6.92 Å². The zero-order valence-electron chi connectivity index (χ0n) is 29.5. The number of nitrogens with zero attached hydrogens (tertiary/aromatic N) is 4. The summed E-state index contributed by atoms with van der Waals surface area (Å²) < 4.78 is 50.5. The van der Waals surface area contributed by atoms with E-state index >= 15 is 8.78 Å². The van der Waals surface area contributed by atoms with E-state index in [1.165, 1.54) is 36.5 Å². The third-order valence-electron chi connectivity index (χ3n) is 11.1. The Morgan fingerprint density at radius 1 is 1.19 bits per heavy atom. The van der Waals surface area contributed by atoms with Crippen LogP contribution in [0.2, 0.25) is 0 Å². The molecule has 2 aromatic carbocycles. The number of amides is 1. The maximum atomic E-state index is 17.3. The average molecular weight is 726 g/mol. The summed E-state index contributed by atoms with van der Waals surface area (Å²) in [4.78, 5) is 26.0. The molecule has 276 valence electrons. The first-order valence-corrected chi connectivity index (χ1v) is 17.9. The van der Waals surface area contributed by atoms with Crippen LogP contribution < -0.4 is 15.0 Å². The van der Waals surface area contributed by atoms with Gasteiger partial charge in [0.25, 0.3) is 0 Å². The summed E-state index contributed by atoms with van der Waals surface area (Å²) in [6.45, 7) is 10.1. The fourth-order valence-corrected chi connectivity index (χ4v) is 8.28. The number of phenolic OH excluding ortho intramolecular Hbond substituents is 1. The van der Waals surface area contributed by atoms with Crippen molar-refractivity contribution in [1.82, 2.24) is 20.2 Å². The van der Waals surface area contributed by atoms with Crippen LogP contribution in [0, 0.1) is 29.4 Å². The number of benzene rings is 2.